The fourth-order valence-corrected chi connectivity index (χ4v) is 5.05. The molecule has 0 atom stereocenters. The van der Waals surface area contributed by atoms with E-state index >= 15 is 0 Å². The van der Waals surface area contributed by atoms with E-state index in [2.05, 4.69) is 53.2 Å². The Balaban J connectivity index is 1.39. The van der Waals surface area contributed by atoms with Crippen molar-refractivity contribution in [2.75, 3.05) is 12.8 Å². The molecule has 0 radical (unpaired) electrons. The summed E-state index contributed by atoms with van der Waals surface area (Å²) in [5, 5.41) is 11.5. The summed E-state index contributed by atoms with van der Waals surface area (Å²) in [6.07, 6.45) is 8.07. The normalized spacial score (nSPS) is 12.0. The van der Waals surface area contributed by atoms with Gasteiger partial charge in [-0.1, -0.05) is 6.92 Å². The lowest BCUT2D eigenvalue weighted by atomic mass is 10.1. The number of nitrogens with zero attached hydrogens (tertiary/aromatic N) is 5. The van der Waals surface area contributed by atoms with Gasteiger partial charge >= 0.3 is 0 Å². The predicted molar refractivity (Wildman–Crippen MR) is 154 cm³/mol. The first kappa shape index (κ1) is 26.6. The molecule has 0 aliphatic heterocycles. The standard InChI is InChI=1S/C28H26FN9O2S/c1-3-30-11-17-7-19(14-31-12-17)20-10-22-25(37-38-27(22)33-15-20)28-35-23-4-5-32-24(26(23)36-28)18-6-16(8-21(29)9-18)13-34-41(2,39)40/h4-10,12,14-15,30,34H,3,11,13H2,1-2H3,(H,35,36)(H,33,37,38). The molecule has 0 bridgehead atoms. The van der Waals surface area contributed by atoms with E-state index in [0.717, 1.165) is 41.4 Å². The highest BCUT2D eigenvalue weighted by molar-refractivity contribution is 7.88. The van der Waals surface area contributed by atoms with Gasteiger partial charge in [0, 0.05) is 54.6 Å². The van der Waals surface area contributed by atoms with Gasteiger partial charge in [-0.15, -0.1) is 0 Å². The van der Waals surface area contributed by atoms with Crippen LogP contribution in [0.25, 0.3) is 56.0 Å². The summed E-state index contributed by atoms with van der Waals surface area (Å²) in [4.78, 5) is 21.5. The molecule has 0 amide bonds. The van der Waals surface area contributed by atoms with Gasteiger partial charge in [0.15, 0.2) is 11.5 Å². The zero-order valence-electron chi connectivity index (χ0n) is 22.2. The van der Waals surface area contributed by atoms with Crippen LogP contribution in [0.5, 0.6) is 0 Å². The van der Waals surface area contributed by atoms with E-state index in [1.165, 1.54) is 12.1 Å². The third-order valence-corrected chi connectivity index (χ3v) is 7.19. The van der Waals surface area contributed by atoms with Crippen molar-refractivity contribution in [3.8, 4) is 33.9 Å². The second-order valence-electron chi connectivity index (χ2n) is 9.64. The largest absolute Gasteiger partial charge is 0.337 e. The molecule has 5 aromatic heterocycles. The summed E-state index contributed by atoms with van der Waals surface area (Å²) in [7, 11) is -3.44. The summed E-state index contributed by atoms with van der Waals surface area (Å²) < 4.78 is 40.0. The highest BCUT2D eigenvalue weighted by atomic mass is 32.2. The van der Waals surface area contributed by atoms with Gasteiger partial charge in [-0.2, -0.15) is 5.10 Å². The van der Waals surface area contributed by atoms with Gasteiger partial charge in [0.05, 0.1) is 22.9 Å². The fraction of sp³-hybridized carbons (Fsp3) is 0.179. The molecule has 0 aliphatic carbocycles. The molecule has 0 spiro atoms. The van der Waals surface area contributed by atoms with E-state index in [9.17, 15) is 12.8 Å². The number of hydrogen-bond acceptors (Lipinski definition) is 8. The lowest BCUT2D eigenvalue weighted by Crippen LogP contribution is -2.21. The minimum absolute atomic E-state index is 0.0472. The summed E-state index contributed by atoms with van der Waals surface area (Å²) >= 11 is 0. The number of fused-ring (bicyclic) bond motifs is 2. The maximum absolute atomic E-state index is 14.5. The van der Waals surface area contributed by atoms with Gasteiger partial charge in [0.1, 0.15) is 17.0 Å². The third-order valence-electron chi connectivity index (χ3n) is 6.52. The van der Waals surface area contributed by atoms with Crippen molar-refractivity contribution < 1.29 is 12.8 Å². The molecule has 0 fully saturated rings. The fourth-order valence-electron chi connectivity index (χ4n) is 4.62. The van der Waals surface area contributed by atoms with Crippen molar-refractivity contribution in [1.29, 1.82) is 0 Å². The molecule has 0 saturated heterocycles. The van der Waals surface area contributed by atoms with Gasteiger partial charge in [-0.25, -0.2) is 27.5 Å². The number of H-pyrrole nitrogens is 2. The van der Waals surface area contributed by atoms with Crippen LogP contribution in [0.3, 0.4) is 0 Å². The quantitative estimate of drug-likeness (QED) is 0.204. The lowest BCUT2D eigenvalue weighted by Gasteiger charge is -2.07. The van der Waals surface area contributed by atoms with Crippen molar-refractivity contribution in [3.05, 3.63) is 78.1 Å². The molecule has 208 valence electrons. The molecule has 1 aromatic carbocycles. The Morgan fingerprint density at radius 3 is 2.61 bits per heavy atom. The Morgan fingerprint density at radius 2 is 1.78 bits per heavy atom. The van der Waals surface area contributed by atoms with E-state index in [0.29, 0.717) is 45.0 Å². The zero-order chi connectivity index (χ0) is 28.6. The first-order chi connectivity index (χ1) is 19.8. The molecule has 6 rings (SSSR count). The number of aromatic amines is 2. The third kappa shape index (κ3) is 5.68. The minimum Gasteiger partial charge on any atom is -0.337 e. The highest BCUT2D eigenvalue weighted by Crippen LogP contribution is 2.32. The van der Waals surface area contributed by atoms with E-state index in [-0.39, 0.29) is 6.54 Å². The maximum Gasteiger partial charge on any atom is 0.209 e. The molecule has 11 nitrogen and oxygen atoms in total. The van der Waals surface area contributed by atoms with Gasteiger partial charge < -0.3 is 10.3 Å². The Bertz CT molecular complexity index is 2000. The van der Waals surface area contributed by atoms with Crippen molar-refractivity contribution >= 4 is 32.1 Å². The Labute approximate surface area is 234 Å². The number of rotatable bonds is 9. The van der Waals surface area contributed by atoms with Crippen molar-refractivity contribution in [2.24, 2.45) is 0 Å². The van der Waals surface area contributed by atoms with Gasteiger partial charge in [0.25, 0.3) is 0 Å². The predicted octanol–water partition coefficient (Wildman–Crippen LogP) is 3.92. The molecular formula is C28H26FN9O2S. The van der Waals surface area contributed by atoms with E-state index in [4.69, 9.17) is 4.98 Å². The molecule has 13 heteroatoms. The number of halogens is 1. The number of aromatic nitrogens is 7. The molecular weight excluding hydrogens is 545 g/mol. The maximum atomic E-state index is 14.5. The average Bonchev–Trinajstić information content (AvgIpc) is 3.58. The van der Waals surface area contributed by atoms with Crippen molar-refractivity contribution in [2.45, 2.75) is 20.0 Å². The number of benzene rings is 1. The summed E-state index contributed by atoms with van der Waals surface area (Å²) in [6, 6.07) is 10.2. The zero-order valence-corrected chi connectivity index (χ0v) is 23.1. The Hall–Kier alpha value is -4.59. The second kappa shape index (κ2) is 10.8. The van der Waals surface area contributed by atoms with Crippen molar-refractivity contribution in [3.63, 3.8) is 0 Å². The van der Waals surface area contributed by atoms with Gasteiger partial charge in [0.2, 0.25) is 10.0 Å². The van der Waals surface area contributed by atoms with Crippen LogP contribution in [-0.4, -0.2) is 56.3 Å². The van der Waals surface area contributed by atoms with E-state index < -0.39 is 15.8 Å². The van der Waals surface area contributed by atoms with Crippen molar-refractivity contribution in [1.82, 2.24) is 45.2 Å². The van der Waals surface area contributed by atoms with Crippen LogP contribution >= 0.6 is 0 Å². The molecule has 41 heavy (non-hydrogen) atoms. The summed E-state index contributed by atoms with van der Waals surface area (Å²) in [5.41, 5.74) is 6.69. The summed E-state index contributed by atoms with van der Waals surface area (Å²) in [5.74, 6) is 0.00894. The smallest absolute Gasteiger partial charge is 0.209 e. The van der Waals surface area contributed by atoms with E-state index in [1.807, 2.05) is 12.3 Å². The number of pyridine rings is 3. The van der Waals surface area contributed by atoms with Crippen LogP contribution in [0, 0.1) is 5.82 Å². The van der Waals surface area contributed by atoms with Crippen LogP contribution < -0.4 is 10.0 Å². The Kier molecular flexibility index (Phi) is 6.99. The highest BCUT2D eigenvalue weighted by Gasteiger charge is 2.18. The van der Waals surface area contributed by atoms with Crippen LogP contribution in [0.2, 0.25) is 0 Å². The van der Waals surface area contributed by atoms with Crippen LogP contribution in [0.4, 0.5) is 4.39 Å². The SMILES string of the molecule is CCNCc1cncc(-c2cnc3n[nH]c(-c4nc5c(-c6cc(F)cc(CNS(C)(=O)=O)c6)nccc5[nH]4)c3c2)c1. The Morgan fingerprint density at radius 1 is 0.951 bits per heavy atom. The van der Waals surface area contributed by atoms with Crippen LogP contribution in [-0.2, 0) is 23.1 Å². The van der Waals surface area contributed by atoms with Gasteiger partial charge in [-0.3, -0.25) is 15.1 Å². The molecule has 6 aromatic rings. The first-order valence-electron chi connectivity index (χ1n) is 12.9. The monoisotopic (exact) mass is 571 g/mol. The molecule has 5 heterocycles. The lowest BCUT2D eigenvalue weighted by molar-refractivity contribution is 0.586. The van der Waals surface area contributed by atoms with Crippen LogP contribution in [0.1, 0.15) is 18.1 Å². The molecule has 4 N–H and O–H groups in total. The average molecular weight is 572 g/mol. The molecule has 0 unspecified atom stereocenters. The minimum atomic E-state index is -3.44. The van der Waals surface area contributed by atoms with E-state index in [1.54, 1.807) is 30.7 Å². The molecule has 0 aliphatic rings. The molecule has 0 saturated carbocycles. The number of nitrogens with one attached hydrogen (secondary N) is 4. The number of sulfonamides is 1. The summed E-state index contributed by atoms with van der Waals surface area (Å²) in [6.45, 7) is 3.60. The van der Waals surface area contributed by atoms with Crippen LogP contribution in [0.15, 0.2) is 61.2 Å². The first-order valence-corrected chi connectivity index (χ1v) is 14.8. The second-order valence-corrected chi connectivity index (χ2v) is 11.5. The topological polar surface area (TPSA) is 154 Å². The number of hydrogen-bond donors (Lipinski definition) is 4. The number of imidazole rings is 1. The van der Waals surface area contributed by atoms with Gasteiger partial charge in [-0.05, 0) is 54.1 Å².